The highest BCUT2D eigenvalue weighted by molar-refractivity contribution is 5.19. The summed E-state index contributed by atoms with van der Waals surface area (Å²) in [5, 5.41) is 0. The van der Waals surface area contributed by atoms with E-state index in [1.807, 2.05) is 0 Å². The molecule has 0 aromatic heterocycles. The lowest BCUT2D eigenvalue weighted by molar-refractivity contribution is -0.151. The zero-order valence-electron chi connectivity index (χ0n) is 28.4. The van der Waals surface area contributed by atoms with Crippen LogP contribution in [-0.2, 0) is 9.47 Å². The summed E-state index contributed by atoms with van der Waals surface area (Å²) in [6.45, 7) is 16.9. The molecular weight excluding hydrogens is 512 g/mol. The topological polar surface area (TPSA) is 18.5 Å². The lowest BCUT2D eigenvalue weighted by atomic mass is 9.41. The second kappa shape index (κ2) is 8.63. The first-order valence-electron chi connectivity index (χ1n) is 19.1. The number of hydrogen-bond acceptors (Lipinski definition) is 2. The molecule has 2 heteroatoms. The van der Waals surface area contributed by atoms with Crippen LogP contribution < -0.4 is 0 Å². The van der Waals surface area contributed by atoms with Crippen molar-refractivity contribution >= 4 is 0 Å². The van der Waals surface area contributed by atoms with Crippen molar-refractivity contribution in [3.8, 4) is 0 Å². The first kappa shape index (κ1) is 28.2. The monoisotopic (exact) mass is 576 g/mol. The number of hydrogen-bond donors (Lipinski definition) is 0. The van der Waals surface area contributed by atoms with E-state index in [9.17, 15) is 0 Å². The molecule has 2 nitrogen and oxygen atoms in total. The van der Waals surface area contributed by atoms with Gasteiger partial charge in [0.2, 0.25) is 0 Å². The van der Waals surface area contributed by atoms with Gasteiger partial charge in [0.1, 0.15) is 0 Å². The number of rotatable bonds is 1. The molecule has 236 valence electrons. The van der Waals surface area contributed by atoms with Gasteiger partial charge in [0, 0.05) is 5.92 Å². The van der Waals surface area contributed by atoms with Gasteiger partial charge in [-0.25, -0.2) is 0 Å². The van der Waals surface area contributed by atoms with Crippen LogP contribution in [-0.4, -0.2) is 18.5 Å². The molecular formula is C40H64O2. The van der Waals surface area contributed by atoms with E-state index in [0.717, 1.165) is 42.1 Å². The molecule has 8 aliphatic carbocycles. The molecule has 4 bridgehead atoms. The first-order chi connectivity index (χ1) is 19.9. The van der Waals surface area contributed by atoms with Gasteiger partial charge in [0.05, 0.1) is 12.2 Å². The number of ether oxygens (including phenoxy) is 2. The highest BCUT2D eigenvalue weighted by atomic mass is 16.7. The molecule has 8 saturated carbocycles. The van der Waals surface area contributed by atoms with Crippen molar-refractivity contribution < 1.29 is 9.47 Å². The Morgan fingerprint density at radius 2 is 1.17 bits per heavy atom. The standard InChI is InChI=1S/C40H64O2/c1-34(2)15-7-17-36(5)29(34)13-19-38-21-26(9-11-31(36)38)28(23-38)33-41-25-40(42-33)24-39-20-14-30-35(3,4)16-8-18-37(30,6)32(39)12-10-27(40)22-39/h26-33H,7-25H2,1-6H3/t26?,27?,28-,29?,30?,31?,32?,33+,36-,37-,38?,39?,40+/m1/s1. The molecule has 0 N–H and O–H groups in total. The van der Waals surface area contributed by atoms with Crippen molar-refractivity contribution in [1.29, 1.82) is 0 Å². The molecule has 9 rings (SSSR count). The predicted molar refractivity (Wildman–Crippen MR) is 170 cm³/mol. The molecule has 1 aliphatic heterocycles. The molecule has 1 heterocycles. The van der Waals surface area contributed by atoms with Gasteiger partial charge in [-0.05, 0) is 171 Å². The molecule has 0 radical (unpaired) electrons. The normalized spacial score (nSPS) is 60.4. The molecule has 8 unspecified atom stereocenters. The average molecular weight is 577 g/mol. The minimum atomic E-state index is 0.0393. The van der Waals surface area contributed by atoms with Crippen molar-refractivity contribution in [3.63, 3.8) is 0 Å². The smallest absolute Gasteiger partial charge is 0.161 e. The average Bonchev–Trinajstić information content (AvgIpc) is 3.52. The van der Waals surface area contributed by atoms with E-state index in [2.05, 4.69) is 41.5 Å². The summed E-state index contributed by atoms with van der Waals surface area (Å²) < 4.78 is 14.4. The van der Waals surface area contributed by atoms with Crippen LogP contribution in [0.25, 0.3) is 0 Å². The fourth-order valence-electron chi connectivity index (χ4n) is 17.1. The van der Waals surface area contributed by atoms with E-state index in [1.54, 1.807) is 0 Å². The zero-order chi connectivity index (χ0) is 29.0. The quantitative estimate of drug-likeness (QED) is 0.309. The van der Waals surface area contributed by atoms with Gasteiger partial charge in [-0.15, -0.1) is 0 Å². The van der Waals surface area contributed by atoms with Crippen molar-refractivity contribution in [2.75, 3.05) is 6.61 Å². The van der Waals surface area contributed by atoms with Gasteiger partial charge in [0.15, 0.2) is 6.29 Å². The Labute approximate surface area is 258 Å². The summed E-state index contributed by atoms with van der Waals surface area (Å²) in [4.78, 5) is 0. The molecule has 0 amide bonds. The molecule has 0 aromatic carbocycles. The Hall–Kier alpha value is -0.0800. The van der Waals surface area contributed by atoms with Gasteiger partial charge < -0.3 is 9.47 Å². The second-order valence-corrected chi connectivity index (χ2v) is 20.6. The summed E-state index contributed by atoms with van der Waals surface area (Å²) >= 11 is 0. The third-order valence-electron chi connectivity index (χ3n) is 18.3. The lowest BCUT2D eigenvalue weighted by Crippen LogP contribution is -2.55. The van der Waals surface area contributed by atoms with Crippen LogP contribution in [0.1, 0.15) is 157 Å². The predicted octanol–water partition coefficient (Wildman–Crippen LogP) is 10.6. The van der Waals surface area contributed by atoms with Crippen molar-refractivity contribution in [2.45, 2.75) is 169 Å². The van der Waals surface area contributed by atoms with Crippen LogP contribution in [0.3, 0.4) is 0 Å². The summed E-state index contributed by atoms with van der Waals surface area (Å²) in [5.74, 6) is 5.98. The summed E-state index contributed by atoms with van der Waals surface area (Å²) in [6.07, 6.45) is 26.3. The van der Waals surface area contributed by atoms with Crippen molar-refractivity contribution in [3.05, 3.63) is 0 Å². The highest BCUT2D eigenvalue weighted by Gasteiger charge is 2.71. The van der Waals surface area contributed by atoms with Crippen LogP contribution in [0.4, 0.5) is 0 Å². The van der Waals surface area contributed by atoms with Crippen molar-refractivity contribution in [2.24, 2.45) is 73.9 Å². The minimum absolute atomic E-state index is 0.0393. The zero-order valence-corrected chi connectivity index (χ0v) is 28.4. The summed E-state index contributed by atoms with van der Waals surface area (Å²) in [5.41, 5.74) is 3.35. The molecule has 1 saturated heterocycles. The molecule has 3 spiro atoms. The van der Waals surface area contributed by atoms with Crippen LogP contribution in [0.5, 0.6) is 0 Å². The largest absolute Gasteiger partial charge is 0.349 e. The Morgan fingerprint density at radius 3 is 1.86 bits per heavy atom. The second-order valence-electron chi connectivity index (χ2n) is 20.6. The van der Waals surface area contributed by atoms with Gasteiger partial charge in [-0.1, -0.05) is 54.4 Å². The van der Waals surface area contributed by atoms with E-state index >= 15 is 0 Å². The van der Waals surface area contributed by atoms with E-state index in [1.165, 1.54) is 116 Å². The van der Waals surface area contributed by atoms with Crippen LogP contribution >= 0.6 is 0 Å². The fourth-order valence-corrected chi connectivity index (χ4v) is 17.1. The third-order valence-corrected chi connectivity index (χ3v) is 18.3. The van der Waals surface area contributed by atoms with E-state index < -0.39 is 0 Å². The van der Waals surface area contributed by atoms with Crippen LogP contribution in [0.2, 0.25) is 0 Å². The summed E-state index contributed by atoms with van der Waals surface area (Å²) in [6, 6.07) is 0. The Morgan fingerprint density at radius 1 is 0.548 bits per heavy atom. The minimum Gasteiger partial charge on any atom is -0.349 e. The van der Waals surface area contributed by atoms with Gasteiger partial charge in [-0.3, -0.25) is 0 Å². The maximum atomic E-state index is 7.49. The molecule has 9 fully saturated rings. The summed E-state index contributed by atoms with van der Waals surface area (Å²) in [7, 11) is 0. The molecule has 9 aliphatic rings. The van der Waals surface area contributed by atoms with Crippen LogP contribution in [0, 0.1) is 73.9 Å². The first-order valence-corrected chi connectivity index (χ1v) is 19.1. The SMILES string of the molecule is CC1(C)CCC[C@]2(C)C1CCC13CC(CCC12)[C@H]([C@H]1OC[C@]2(CC45CCC6C(C)(C)CCC[C@@]6(C)C4CCC2C5)O1)C3. The Kier molecular flexibility index (Phi) is 5.79. The van der Waals surface area contributed by atoms with E-state index in [-0.39, 0.29) is 11.9 Å². The maximum absolute atomic E-state index is 7.49. The number of fused-ring (bicyclic) bond motifs is 7. The van der Waals surface area contributed by atoms with E-state index in [0.29, 0.717) is 38.4 Å². The third kappa shape index (κ3) is 3.47. The molecule has 0 aromatic rings. The fraction of sp³-hybridized carbons (Fsp3) is 1.00. The highest BCUT2D eigenvalue weighted by Crippen LogP contribution is 2.76. The Balaban J connectivity index is 0.952. The van der Waals surface area contributed by atoms with Crippen LogP contribution in [0.15, 0.2) is 0 Å². The Bertz CT molecular complexity index is 1120. The van der Waals surface area contributed by atoms with Gasteiger partial charge in [0.25, 0.3) is 0 Å². The molecule has 13 atom stereocenters. The lowest BCUT2D eigenvalue weighted by Gasteiger charge is -2.64. The molecule has 42 heavy (non-hydrogen) atoms. The van der Waals surface area contributed by atoms with Gasteiger partial charge >= 0.3 is 0 Å². The van der Waals surface area contributed by atoms with E-state index in [4.69, 9.17) is 9.47 Å². The van der Waals surface area contributed by atoms with Gasteiger partial charge in [-0.2, -0.15) is 0 Å². The van der Waals surface area contributed by atoms with Crippen molar-refractivity contribution in [1.82, 2.24) is 0 Å². The maximum Gasteiger partial charge on any atom is 0.161 e.